The van der Waals surface area contributed by atoms with Crippen LogP contribution in [0.25, 0.3) is 0 Å². The second-order valence-corrected chi connectivity index (χ2v) is 5.55. The summed E-state index contributed by atoms with van der Waals surface area (Å²) in [5, 5.41) is 3.03. The normalized spacial score (nSPS) is 18.0. The Balaban J connectivity index is 1.86. The standard InChI is InChI=1S/C14H19BrN2O2/c1-11(12-4-2-3-5-13(12)15)16-14(18)10-17-6-8-19-9-7-17/h2-5,11H,6-10H2,1H3,(H,16,18)/t11-/m1/s1. The number of hydrogen-bond donors (Lipinski definition) is 1. The molecular weight excluding hydrogens is 308 g/mol. The summed E-state index contributed by atoms with van der Waals surface area (Å²) in [6.07, 6.45) is 0. The SMILES string of the molecule is C[C@@H](NC(=O)CN1CCOCC1)c1ccccc1Br. The van der Waals surface area contributed by atoms with E-state index >= 15 is 0 Å². The van der Waals surface area contributed by atoms with Gasteiger partial charge >= 0.3 is 0 Å². The van der Waals surface area contributed by atoms with Gasteiger partial charge in [-0.2, -0.15) is 0 Å². The van der Waals surface area contributed by atoms with E-state index in [1.165, 1.54) is 0 Å². The Bertz CT molecular complexity index is 433. The van der Waals surface area contributed by atoms with E-state index in [0.717, 1.165) is 23.1 Å². The Morgan fingerprint density at radius 2 is 2.11 bits per heavy atom. The number of halogens is 1. The number of amides is 1. The summed E-state index contributed by atoms with van der Waals surface area (Å²) in [5.74, 6) is 0.0603. The fourth-order valence-electron chi connectivity index (χ4n) is 2.15. The van der Waals surface area contributed by atoms with E-state index in [4.69, 9.17) is 4.74 Å². The molecule has 1 atom stereocenters. The van der Waals surface area contributed by atoms with Crippen LogP contribution in [0.15, 0.2) is 28.7 Å². The largest absolute Gasteiger partial charge is 0.379 e. The van der Waals surface area contributed by atoms with E-state index < -0.39 is 0 Å². The smallest absolute Gasteiger partial charge is 0.234 e. The van der Waals surface area contributed by atoms with E-state index in [2.05, 4.69) is 26.1 Å². The zero-order valence-corrected chi connectivity index (χ0v) is 12.6. The van der Waals surface area contributed by atoms with Gasteiger partial charge in [-0.15, -0.1) is 0 Å². The first-order valence-corrected chi connectivity index (χ1v) is 7.30. The highest BCUT2D eigenvalue weighted by molar-refractivity contribution is 9.10. The van der Waals surface area contributed by atoms with Crippen LogP contribution in [0.4, 0.5) is 0 Å². The lowest BCUT2D eigenvalue weighted by atomic mass is 10.1. The van der Waals surface area contributed by atoms with Crippen molar-refractivity contribution in [2.45, 2.75) is 13.0 Å². The van der Waals surface area contributed by atoms with Crippen LogP contribution in [0.3, 0.4) is 0 Å². The van der Waals surface area contributed by atoms with Crippen LogP contribution in [0.2, 0.25) is 0 Å². The maximum atomic E-state index is 12.0. The number of nitrogens with one attached hydrogen (secondary N) is 1. The molecule has 1 amide bonds. The Morgan fingerprint density at radius 3 is 2.79 bits per heavy atom. The third-order valence-electron chi connectivity index (χ3n) is 3.22. The summed E-state index contributed by atoms with van der Waals surface area (Å²) in [5.41, 5.74) is 1.10. The van der Waals surface area contributed by atoms with Gasteiger partial charge in [0.1, 0.15) is 0 Å². The average Bonchev–Trinajstić information content (AvgIpc) is 2.40. The van der Waals surface area contributed by atoms with Crippen LogP contribution < -0.4 is 5.32 Å². The highest BCUT2D eigenvalue weighted by atomic mass is 79.9. The molecule has 1 aliphatic heterocycles. The van der Waals surface area contributed by atoms with Crippen molar-refractivity contribution in [3.05, 3.63) is 34.3 Å². The summed E-state index contributed by atoms with van der Waals surface area (Å²) in [7, 11) is 0. The van der Waals surface area contributed by atoms with Crippen LogP contribution in [-0.4, -0.2) is 43.7 Å². The number of carbonyl (C=O) groups is 1. The molecule has 0 spiro atoms. The van der Waals surface area contributed by atoms with Gasteiger partial charge in [0.15, 0.2) is 0 Å². The van der Waals surface area contributed by atoms with Crippen LogP contribution in [0, 0.1) is 0 Å². The first-order chi connectivity index (χ1) is 9.16. The molecule has 1 N–H and O–H groups in total. The fraction of sp³-hybridized carbons (Fsp3) is 0.500. The Morgan fingerprint density at radius 1 is 1.42 bits per heavy atom. The van der Waals surface area contributed by atoms with Gasteiger partial charge in [-0.3, -0.25) is 9.69 Å². The predicted molar refractivity (Wildman–Crippen MR) is 78.0 cm³/mol. The molecule has 2 rings (SSSR count). The molecule has 1 saturated heterocycles. The van der Waals surface area contributed by atoms with E-state index in [0.29, 0.717) is 19.8 Å². The molecule has 0 unspecified atom stereocenters. The van der Waals surface area contributed by atoms with Crippen molar-refractivity contribution >= 4 is 21.8 Å². The van der Waals surface area contributed by atoms with Gasteiger partial charge in [0.25, 0.3) is 0 Å². The van der Waals surface area contributed by atoms with Gasteiger partial charge in [0.2, 0.25) is 5.91 Å². The van der Waals surface area contributed by atoms with Crippen LogP contribution in [0.5, 0.6) is 0 Å². The molecular formula is C14H19BrN2O2. The van der Waals surface area contributed by atoms with E-state index in [1.54, 1.807) is 0 Å². The summed E-state index contributed by atoms with van der Waals surface area (Å²) >= 11 is 3.51. The molecule has 5 heteroatoms. The van der Waals surface area contributed by atoms with Crippen LogP contribution in [-0.2, 0) is 9.53 Å². The average molecular weight is 327 g/mol. The van der Waals surface area contributed by atoms with Crippen molar-refractivity contribution in [2.75, 3.05) is 32.8 Å². The molecule has 0 saturated carbocycles. The molecule has 1 heterocycles. The van der Waals surface area contributed by atoms with E-state index in [1.807, 2.05) is 31.2 Å². The van der Waals surface area contributed by atoms with Crippen molar-refractivity contribution in [1.82, 2.24) is 10.2 Å². The number of hydrogen-bond acceptors (Lipinski definition) is 3. The Hall–Kier alpha value is -0.910. The van der Waals surface area contributed by atoms with Gasteiger partial charge < -0.3 is 10.1 Å². The third kappa shape index (κ3) is 4.30. The molecule has 104 valence electrons. The van der Waals surface area contributed by atoms with E-state index in [-0.39, 0.29) is 11.9 Å². The zero-order chi connectivity index (χ0) is 13.7. The molecule has 1 aliphatic rings. The number of benzene rings is 1. The minimum atomic E-state index is 0.00381. The number of carbonyl (C=O) groups excluding carboxylic acids is 1. The van der Waals surface area contributed by atoms with Crippen molar-refractivity contribution in [2.24, 2.45) is 0 Å². The van der Waals surface area contributed by atoms with Crippen LogP contribution in [0.1, 0.15) is 18.5 Å². The first kappa shape index (κ1) is 14.5. The minimum Gasteiger partial charge on any atom is -0.379 e. The maximum absolute atomic E-state index is 12.0. The molecule has 19 heavy (non-hydrogen) atoms. The van der Waals surface area contributed by atoms with Crippen LogP contribution >= 0.6 is 15.9 Å². The lowest BCUT2D eigenvalue weighted by Gasteiger charge is -2.26. The van der Waals surface area contributed by atoms with Crippen molar-refractivity contribution in [3.63, 3.8) is 0 Å². The van der Waals surface area contributed by atoms with Gasteiger partial charge in [0.05, 0.1) is 25.8 Å². The molecule has 1 fully saturated rings. The second kappa shape index (κ2) is 7.03. The zero-order valence-electron chi connectivity index (χ0n) is 11.1. The Labute approximate surface area is 122 Å². The van der Waals surface area contributed by atoms with E-state index in [9.17, 15) is 4.79 Å². The summed E-state index contributed by atoms with van der Waals surface area (Å²) in [4.78, 5) is 14.1. The highest BCUT2D eigenvalue weighted by Gasteiger charge is 2.16. The number of ether oxygens (including phenoxy) is 1. The third-order valence-corrected chi connectivity index (χ3v) is 3.94. The first-order valence-electron chi connectivity index (χ1n) is 6.50. The monoisotopic (exact) mass is 326 g/mol. The minimum absolute atomic E-state index is 0.00381. The van der Waals surface area contributed by atoms with Crippen molar-refractivity contribution < 1.29 is 9.53 Å². The summed E-state index contributed by atoms with van der Waals surface area (Å²) in [6, 6.07) is 7.95. The maximum Gasteiger partial charge on any atom is 0.234 e. The molecule has 1 aromatic rings. The van der Waals surface area contributed by atoms with Gasteiger partial charge in [0, 0.05) is 17.6 Å². The number of morpholine rings is 1. The molecule has 0 aliphatic carbocycles. The molecule has 4 nitrogen and oxygen atoms in total. The second-order valence-electron chi connectivity index (χ2n) is 4.70. The van der Waals surface area contributed by atoms with Crippen molar-refractivity contribution in [1.29, 1.82) is 0 Å². The van der Waals surface area contributed by atoms with Gasteiger partial charge in [-0.25, -0.2) is 0 Å². The van der Waals surface area contributed by atoms with Crippen molar-refractivity contribution in [3.8, 4) is 0 Å². The van der Waals surface area contributed by atoms with Gasteiger partial charge in [-0.1, -0.05) is 34.1 Å². The molecule has 1 aromatic carbocycles. The quantitative estimate of drug-likeness (QED) is 0.919. The number of rotatable bonds is 4. The predicted octanol–water partition coefficient (Wildman–Crippen LogP) is 1.96. The van der Waals surface area contributed by atoms with Gasteiger partial charge in [-0.05, 0) is 18.6 Å². The number of nitrogens with zero attached hydrogens (tertiary/aromatic N) is 1. The topological polar surface area (TPSA) is 41.6 Å². The highest BCUT2D eigenvalue weighted by Crippen LogP contribution is 2.22. The fourth-order valence-corrected chi connectivity index (χ4v) is 2.78. The Kier molecular flexibility index (Phi) is 5.36. The summed E-state index contributed by atoms with van der Waals surface area (Å²) < 4.78 is 6.29. The molecule has 0 aromatic heterocycles. The lowest BCUT2D eigenvalue weighted by molar-refractivity contribution is -0.123. The molecule has 0 bridgehead atoms. The molecule has 0 radical (unpaired) electrons. The lowest BCUT2D eigenvalue weighted by Crippen LogP contribution is -2.43. The summed E-state index contributed by atoms with van der Waals surface area (Å²) in [6.45, 7) is 5.53.